The van der Waals surface area contributed by atoms with Crippen LogP contribution in [-0.2, 0) is 0 Å². The van der Waals surface area contributed by atoms with Crippen molar-refractivity contribution in [3.63, 3.8) is 0 Å². The van der Waals surface area contributed by atoms with E-state index in [1.54, 1.807) is 7.11 Å². The number of nitrogens with one attached hydrogen (secondary N) is 1. The molecule has 3 heteroatoms. The van der Waals surface area contributed by atoms with Crippen molar-refractivity contribution >= 4 is 0 Å². The van der Waals surface area contributed by atoms with Crippen LogP contribution in [0.25, 0.3) is 0 Å². The molecule has 0 amide bonds. The van der Waals surface area contributed by atoms with Crippen molar-refractivity contribution in [2.24, 2.45) is 5.41 Å². The monoisotopic (exact) mass is 265 g/mol. The van der Waals surface area contributed by atoms with Crippen LogP contribution in [0, 0.1) is 5.41 Å². The largest absolute Gasteiger partial charge is 0.496 e. The summed E-state index contributed by atoms with van der Waals surface area (Å²) >= 11 is 0. The van der Waals surface area contributed by atoms with Crippen LogP contribution >= 0.6 is 0 Å². The summed E-state index contributed by atoms with van der Waals surface area (Å²) in [5, 5.41) is 12.7. The second-order valence-corrected chi connectivity index (χ2v) is 5.84. The molecule has 0 saturated heterocycles. The Morgan fingerprint density at radius 1 is 1.32 bits per heavy atom. The molecule has 0 aliphatic rings. The molecule has 0 aromatic heterocycles. The summed E-state index contributed by atoms with van der Waals surface area (Å²) in [4.78, 5) is 0. The Bertz CT molecular complexity index is 377. The topological polar surface area (TPSA) is 41.5 Å². The highest BCUT2D eigenvalue weighted by molar-refractivity contribution is 5.35. The zero-order valence-corrected chi connectivity index (χ0v) is 12.6. The highest BCUT2D eigenvalue weighted by Crippen LogP contribution is 2.25. The van der Waals surface area contributed by atoms with Gasteiger partial charge in [0.2, 0.25) is 0 Å². The number of benzene rings is 1. The maximum absolute atomic E-state index is 9.21. The summed E-state index contributed by atoms with van der Waals surface area (Å²) in [6, 6.07) is 8.37. The molecule has 0 heterocycles. The van der Waals surface area contributed by atoms with Gasteiger partial charge in [0.1, 0.15) is 5.75 Å². The van der Waals surface area contributed by atoms with Crippen LogP contribution in [-0.4, -0.2) is 25.4 Å². The molecular weight excluding hydrogens is 238 g/mol. The van der Waals surface area contributed by atoms with Gasteiger partial charge in [-0.3, -0.25) is 0 Å². The van der Waals surface area contributed by atoms with Crippen LogP contribution in [0.1, 0.15) is 45.2 Å². The Kier molecular flexibility index (Phi) is 6.32. The van der Waals surface area contributed by atoms with E-state index in [1.807, 2.05) is 18.2 Å². The van der Waals surface area contributed by atoms with Gasteiger partial charge >= 0.3 is 0 Å². The summed E-state index contributed by atoms with van der Waals surface area (Å²) in [5.74, 6) is 0.929. The van der Waals surface area contributed by atoms with Gasteiger partial charge in [-0.2, -0.15) is 0 Å². The molecule has 1 atom stereocenters. The lowest BCUT2D eigenvalue weighted by Gasteiger charge is -2.22. The zero-order chi connectivity index (χ0) is 14.3. The van der Waals surface area contributed by atoms with Crippen molar-refractivity contribution < 1.29 is 9.84 Å². The summed E-state index contributed by atoms with van der Waals surface area (Å²) < 4.78 is 5.37. The Labute approximate surface area is 117 Å². The van der Waals surface area contributed by atoms with Crippen LogP contribution in [0.2, 0.25) is 0 Å². The van der Waals surface area contributed by atoms with E-state index in [0.717, 1.165) is 25.1 Å². The van der Waals surface area contributed by atoms with Gasteiger partial charge in [-0.15, -0.1) is 0 Å². The van der Waals surface area contributed by atoms with Gasteiger partial charge in [0.25, 0.3) is 0 Å². The first-order valence-corrected chi connectivity index (χ1v) is 6.97. The van der Waals surface area contributed by atoms with E-state index >= 15 is 0 Å². The first-order chi connectivity index (χ1) is 9.00. The van der Waals surface area contributed by atoms with E-state index < -0.39 is 0 Å². The van der Waals surface area contributed by atoms with Gasteiger partial charge < -0.3 is 15.2 Å². The molecule has 1 unspecified atom stereocenters. The molecule has 0 radical (unpaired) electrons. The van der Waals surface area contributed by atoms with Crippen molar-refractivity contribution in [2.75, 3.05) is 20.3 Å². The summed E-state index contributed by atoms with van der Waals surface area (Å²) in [5.41, 5.74) is 1.21. The molecule has 0 spiro atoms. The third-order valence-corrected chi connectivity index (χ3v) is 3.51. The van der Waals surface area contributed by atoms with E-state index in [2.05, 4.69) is 32.2 Å². The minimum Gasteiger partial charge on any atom is -0.496 e. The normalized spacial score (nSPS) is 13.3. The fourth-order valence-electron chi connectivity index (χ4n) is 2.10. The maximum atomic E-state index is 9.21. The minimum absolute atomic E-state index is 0.0232. The minimum atomic E-state index is 0.0232. The Hall–Kier alpha value is -1.06. The summed E-state index contributed by atoms with van der Waals surface area (Å²) in [6.07, 6.45) is 2.09. The van der Waals surface area contributed by atoms with Gasteiger partial charge in [-0.1, -0.05) is 32.0 Å². The second kappa shape index (κ2) is 7.51. The van der Waals surface area contributed by atoms with E-state index in [9.17, 15) is 5.11 Å². The molecule has 1 aromatic rings. The Morgan fingerprint density at radius 3 is 2.63 bits per heavy atom. The lowest BCUT2D eigenvalue weighted by atomic mass is 9.89. The van der Waals surface area contributed by atoms with E-state index in [4.69, 9.17) is 4.74 Å². The van der Waals surface area contributed by atoms with Crippen LogP contribution in [0.15, 0.2) is 24.3 Å². The molecule has 108 valence electrons. The van der Waals surface area contributed by atoms with Crippen molar-refractivity contribution in [3.05, 3.63) is 29.8 Å². The van der Waals surface area contributed by atoms with E-state index in [1.165, 1.54) is 5.56 Å². The third-order valence-electron chi connectivity index (χ3n) is 3.51. The lowest BCUT2D eigenvalue weighted by Crippen LogP contribution is -2.23. The van der Waals surface area contributed by atoms with Crippen LogP contribution in [0.5, 0.6) is 5.75 Å². The van der Waals surface area contributed by atoms with Crippen LogP contribution < -0.4 is 10.1 Å². The van der Waals surface area contributed by atoms with Crippen LogP contribution in [0.3, 0.4) is 0 Å². The number of methoxy groups -OCH3 is 1. The molecule has 3 nitrogen and oxygen atoms in total. The standard InChI is InChI=1S/C16H27NO2/c1-13(14-8-5-6-9-15(14)19-4)17-11-7-10-16(2,3)12-18/h5-6,8-9,13,17-18H,7,10-12H2,1-4H3. The number of para-hydroxylation sites is 1. The third kappa shape index (κ3) is 5.21. The predicted octanol–water partition coefficient (Wildman–Crippen LogP) is 3.14. The quantitative estimate of drug-likeness (QED) is 0.710. The molecule has 0 bridgehead atoms. The molecule has 0 aliphatic carbocycles. The fourth-order valence-corrected chi connectivity index (χ4v) is 2.10. The van der Waals surface area contributed by atoms with Gasteiger partial charge in [-0.05, 0) is 37.8 Å². The number of rotatable bonds is 8. The first kappa shape index (κ1) is 16.0. The SMILES string of the molecule is COc1ccccc1C(C)NCCCC(C)(C)CO. The number of ether oxygens (including phenoxy) is 1. The number of hydrogen-bond donors (Lipinski definition) is 2. The fraction of sp³-hybridized carbons (Fsp3) is 0.625. The highest BCUT2D eigenvalue weighted by Gasteiger charge is 2.16. The predicted molar refractivity (Wildman–Crippen MR) is 79.5 cm³/mol. The number of hydrogen-bond acceptors (Lipinski definition) is 3. The number of aliphatic hydroxyl groups excluding tert-OH is 1. The lowest BCUT2D eigenvalue weighted by molar-refractivity contribution is 0.147. The average molecular weight is 265 g/mol. The van der Waals surface area contributed by atoms with E-state index in [0.29, 0.717) is 0 Å². The Morgan fingerprint density at radius 2 is 2.00 bits per heavy atom. The molecule has 0 saturated carbocycles. The molecule has 1 rings (SSSR count). The molecule has 2 N–H and O–H groups in total. The molecular formula is C16H27NO2. The first-order valence-electron chi connectivity index (χ1n) is 6.97. The van der Waals surface area contributed by atoms with E-state index in [-0.39, 0.29) is 18.1 Å². The van der Waals surface area contributed by atoms with Crippen molar-refractivity contribution in [3.8, 4) is 5.75 Å². The molecule has 1 aromatic carbocycles. The zero-order valence-electron chi connectivity index (χ0n) is 12.6. The molecule has 19 heavy (non-hydrogen) atoms. The highest BCUT2D eigenvalue weighted by atomic mass is 16.5. The van der Waals surface area contributed by atoms with Gasteiger partial charge in [-0.25, -0.2) is 0 Å². The summed E-state index contributed by atoms with van der Waals surface area (Å²) in [6.45, 7) is 7.53. The second-order valence-electron chi connectivity index (χ2n) is 5.84. The van der Waals surface area contributed by atoms with Gasteiger partial charge in [0.05, 0.1) is 7.11 Å². The van der Waals surface area contributed by atoms with Gasteiger partial charge in [0.15, 0.2) is 0 Å². The number of aliphatic hydroxyl groups is 1. The molecule has 0 aliphatic heterocycles. The Balaban J connectivity index is 2.41. The molecule has 0 fully saturated rings. The van der Waals surface area contributed by atoms with Crippen LogP contribution in [0.4, 0.5) is 0 Å². The smallest absolute Gasteiger partial charge is 0.123 e. The summed E-state index contributed by atoms with van der Waals surface area (Å²) in [7, 11) is 1.70. The van der Waals surface area contributed by atoms with Crippen molar-refractivity contribution in [1.82, 2.24) is 5.32 Å². The van der Waals surface area contributed by atoms with Gasteiger partial charge in [0, 0.05) is 18.2 Å². The van der Waals surface area contributed by atoms with Crippen molar-refractivity contribution in [2.45, 2.75) is 39.7 Å². The average Bonchev–Trinajstić information content (AvgIpc) is 2.43. The van der Waals surface area contributed by atoms with Crippen molar-refractivity contribution in [1.29, 1.82) is 0 Å². The maximum Gasteiger partial charge on any atom is 0.123 e.